The average molecular weight is 334 g/mol. The minimum atomic E-state index is -0.608. The lowest BCUT2D eigenvalue weighted by Crippen LogP contribution is -2.60. The number of rotatable bonds is 4. The Morgan fingerprint density at radius 1 is 1.29 bits per heavy atom. The second kappa shape index (κ2) is 5.19. The van der Waals surface area contributed by atoms with Crippen molar-refractivity contribution in [3.63, 3.8) is 0 Å². The molecule has 4 aliphatic rings. The van der Waals surface area contributed by atoms with E-state index in [1.807, 2.05) is 0 Å². The molecular weight excluding hydrogens is 312 g/mol. The second-order valence-electron chi connectivity index (χ2n) is 7.72. The summed E-state index contributed by atoms with van der Waals surface area (Å²) in [5.74, 6) is 1.56. The number of ether oxygens (including phenoxy) is 1. The van der Waals surface area contributed by atoms with Gasteiger partial charge in [0.2, 0.25) is 5.69 Å². The largest absolute Gasteiger partial charge is 0.475 e. The molecule has 5 rings (SSSR count). The van der Waals surface area contributed by atoms with Crippen LogP contribution in [0.15, 0.2) is 0 Å². The first-order valence-corrected chi connectivity index (χ1v) is 8.48. The van der Waals surface area contributed by atoms with Crippen molar-refractivity contribution >= 4 is 11.6 Å². The van der Waals surface area contributed by atoms with Crippen LogP contribution >= 0.6 is 0 Å². The lowest BCUT2D eigenvalue weighted by Gasteiger charge is -2.59. The van der Waals surface area contributed by atoms with Crippen molar-refractivity contribution in [2.75, 3.05) is 14.2 Å². The van der Waals surface area contributed by atoms with Crippen molar-refractivity contribution in [2.45, 2.75) is 44.1 Å². The molecule has 4 saturated carbocycles. The Morgan fingerprint density at radius 2 is 1.83 bits per heavy atom. The number of carbonyl (C=O) groups is 1. The number of amides is 1. The average Bonchev–Trinajstić information content (AvgIpc) is 2.96. The maximum absolute atomic E-state index is 13.0. The zero-order chi connectivity index (χ0) is 17.1. The molecule has 0 unspecified atom stereocenters. The maximum Gasteiger partial charge on any atom is 0.362 e. The highest BCUT2D eigenvalue weighted by Crippen LogP contribution is 2.57. The number of aromatic nitrogens is 2. The normalized spacial score (nSPS) is 33.5. The number of methoxy groups -OCH3 is 1. The summed E-state index contributed by atoms with van der Waals surface area (Å²) in [5.41, 5.74) is -0.618. The highest BCUT2D eigenvalue weighted by Gasteiger charge is 2.54. The van der Waals surface area contributed by atoms with Crippen LogP contribution in [0.3, 0.4) is 0 Å². The number of nitrogens with one attached hydrogen (secondary N) is 1. The number of nitrogens with zero attached hydrogens (tertiary/aromatic N) is 3. The quantitative estimate of drug-likeness (QED) is 0.673. The number of hydrogen-bond acceptors (Lipinski definition) is 5. The van der Waals surface area contributed by atoms with Gasteiger partial charge in [0, 0.05) is 12.6 Å². The van der Waals surface area contributed by atoms with Crippen molar-refractivity contribution in [3.8, 4) is 5.88 Å². The molecule has 130 valence electrons. The fraction of sp³-hybridized carbons (Fsp3) is 0.750. The minimum Gasteiger partial charge on any atom is -0.475 e. The van der Waals surface area contributed by atoms with Crippen LogP contribution in [-0.4, -0.2) is 45.6 Å². The van der Waals surface area contributed by atoms with Gasteiger partial charge in [0.15, 0.2) is 0 Å². The van der Waals surface area contributed by atoms with Crippen LogP contribution in [0.4, 0.5) is 5.69 Å². The van der Waals surface area contributed by atoms with E-state index in [1.165, 1.54) is 26.4 Å². The van der Waals surface area contributed by atoms with Gasteiger partial charge in [-0.1, -0.05) is 0 Å². The Kier molecular flexibility index (Phi) is 3.33. The van der Waals surface area contributed by atoms with Gasteiger partial charge in [-0.25, -0.2) is 0 Å². The van der Waals surface area contributed by atoms with E-state index in [0.717, 1.165) is 19.3 Å². The molecule has 0 radical (unpaired) electrons. The van der Waals surface area contributed by atoms with E-state index in [-0.39, 0.29) is 28.7 Å². The first kappa shape index (κ1) is 15.4. The monoisotopic (exact) mass is 334 g/mol. The predicted molar refractivity (Wildman–Crippen MR) is 84.8 cm³/mol. The molecule has 24 heavy (non-hydrogen) atoms. The molecule has 1 amide bonds. The number of carbonyl (C=O) groups excluding carboxylic acids is 1. The number of H-pyrrole nitrogens is 1. The SMILES string of the molecule is COc1n[nH]c(C(=O)N(C)C23CC4CC(CC(C4)C2)C3)c1[N+](=O)[O-]. The van der Waals surface area contributed by atoms with E-state index >= 15 is 0 Å². The summed E-state index contributed by atoms with van der Waals surface area (Å²) in [6, 6.07) is 0. The Morgan fingerprint density at radius 3 is 2.29 bits per heavy atom. The highest BCUT2D eigenvalue weighted by molar-refractivity contribution is 5.97. The van der Waals surface area contributed by atoms with Gasteiger partial charge in [-0.2, -0.15) is 0 Å². The van der Waals surface area contributed by atoms with Gasteiger partial charge in [-0.05, 0) is 56.3 Å². The van der Waals surface area contributed by atoms with E-state index in [0.29, 0.717) is 17.8 Å². The molecule has 1 N–H and O–H groups in total. The van der Waals surface area contributed by atoms with Crippen LogP contribution in [-0.2, 0) is 0 Å². The number of hydrogen-bond donors (Lipinski definition) is 1. The molecule has 8 heteroatoms. The van der Waals surface area contributed by atoms with Gasteiger partial charge < -0.3 is 9.64 Å². The molecule has 0 saturated heterocycles. The topological polar surface area (TPSA) is 101 Å². The molecule has 0 spiro atoms. The molecule has 8 nitrogen and oxygen atoms in total. The number of nitro groups is 1. The lowest BCUT2D eigenvalue weighted by atomic mass is 9.52. The van der Waals surface area contributed by atoms with Gasteiger partial charge in [0.1, 0.15) is 0 Å². The molecule has 1 heterocycles. The Balaban J connectivity index is 1.66. The standard InChI is InChI=1S/C16H22N4O4/c1-19(15(21)12-13(20(22)23)14(24-2)18-17-12)16-6-9-3-10(7-16)5-11(4-9)8-16/h9-11H,3-8H2,1-2H3,(H,17,18). The third kappa shape index (κ3) is 2.12. The fourth-order valence-corrected chi connectivity index (χ4v) is 5.64. The number of aromatic amines is 1. The Labute approximate surface area is 139 Å². The van der Waals surface area contributed by atoms with E-state index in [9.17, 15) is 14.9 Å². The Hall–Kier alpha value is -2.12. The lowest BCUT2D eigenvalue weighted by molar-refractivity contribution is -0.386. The van der Waals surface area contributed by atoms with Crippen LogP contribution in [0.5, 0.6) is 5.88 Å². The zero-order valence-electron chi connectivity index (χ0n) is 13.9. The van der Waals surface area contributed by atoms with Crippen LogP contribution in [0, 0.1) is 27.9 Å². The third-order valence-electron chi connectivity index (χ3n) is 6.32. The summed E-state index contributed by atoms with van der Waals surface area (Å²) in [5, 5.41) is 17.6. The summed E-state index contributed by atoms with van der Waals surface area (Å²) >= 11 is 0. The van der Waals surface area contributed by atoms with Gasteiger partial charge in [0.25, 0.3) is 5.91 Å². The molecule has 4 bridgehead atoms. The smallest absolute Gasteiger partial charge is 0.362 e. The first-order valence-electron chi connectivity index (χ1n) is 8.48. The Bertz CT molecular complexity index is 663. The zero-order valence-corrected chi connectivity index (χ0v) is 13.9. The molecular formula is C16H22N4O4. The fourth-order valence-electron chi connectivity index (χ4n) is 5.64. The summed E-state index contributed by atoms with van der Waals surface area (Å²) in [6.07, 6.45) is 6.87. The summed E-state index contributed by atoms with van der Waals surface area (Å²) < 4.78 is 4.91. The van der Waals surface area contributed by atoms with Crippen LogP contribution in [0.2, 0.25) is 0 Å². The van der Waals surface area contributed by atoms with E-state index in [1.54, 1.807) is 11.9 Å². The first-order chi connectivity index (χ1) is 11.4. The van der Waals surface area contributed by atoms with Crippen LogP contribution < -0.4 is 4.74 Å². The van der Waals surface area contributed by atoms with Gasteiger partial charge in [-0.15, -0.1) is 5.10 Å². The van der Waals surface area contributed by atoms with Crippen molar-refractivity contribution in [1.29, 1.82) is 0 Å². The summed E-state index contributed by atoms with van der Waals surface area (Å²) in [4.78, 5) is 25.5. The second-order valence-corrected chi connectivity index (χ2v) is 7.72. The molecule has 0 aromatic carbocycles. The van der Waals surface area contributed by atoms with Crippen molar-refractivity contribution in [1.82, 2.24) is 15.1 Å². The molecule has 1 aromatic heterocycles. The summed E-state index contributed by atoms with van der Waals surface area (Å²) in [7, 11) is 3.09. The van der Waals surface area contributed by atoms with Crippen molar-refractivity contribution in [3.05, 3.63) is 15.8 Å². The van der Waals surface area contributed by atoms with Crippen LogP contribution in [0.25, 0.3) is 0 Å². The van der Waals surface area contributed by atoms with E-state index in [2.05, 4.69) is 10.2 Å². The van der Waals surface area contributed by atoms with Crippen LogP contribution in [0.1, 0.15) is 49.0 Å². The van der Waals surface area contributed by atoms with Gasteiger partial charge in [-0.3, -0.25) is 20.0 Å². The van der Waals surface area contributed by atoms with Gasteiger partial charge >= 0.3 is 11.6 Å². The minimum absolute atomic E-state index is 0.0879. The maximum atomic E-state index is 13.0. The molecule has 0 atom stereocenters. The summed E-state index contributed by atoms with van der Waals surface area (Å²) in [6.45, 7) is 0. The molecule has 4 fully saturated rings. The third-order valence-corrected chi connectivity index (χ3v) is 6.32. The van der Waals surface area contributed by atoms with Gasteiger partial charge in [0.05, 0.1) is 12.0 Å². The van der Waals surface area contributed by atoms with E-state index in [4.69, 9.17) is 4.74 Å². The van der Waals surface area contributed by atoms with Crippen molar-refractivity contribution < 1.29 is 14.5 Å². The molecule has 4 aliphatic carbocycles. The predicted octanol–water partition coefficient (Wildman–Crippen LogP) is 2.37. The highest BCUT2D eigenvalue weighted by atomic mass is 16.6. The van der Waals surface area contributed by atoms with E-state index < -0.39 is 4.92 Å². The van der Waals surface area contributed by atoms with Crippen molar-refractivity contribution in [2.24, 2.45) is 17.8 Å². The molecule has 0 aliphatic heterocycles. The molecule has 1 aromatic rings.